The van der Waals surface area contributed by atoms with E-state index in [0.29, 0.717) is 11.5 Å². The minimum Gasteiger partial charge on any atom is -0.457 e. The summed E-state index contributed by atoms with van der Waals surface area (Å²) in [4.78, 5) is 11.9. The van der Waals surface area contributed by atoms with Gasteiger partial charge in [0.05, 0.1) is 0 Å². The van der Waals surface area contributed by atoms with Crippen LogP contribution in [-0.4, -0.2) is 5.97 Å². The molecular weight excluding hydrogens is 312 g/mol. The van der Waals surface area contributed by atoms with Crippen molar-refractivity contribution in [3.8, 4) is 17.2 Å². The van der Waals surface area contributed by atoms with E-state index in [1.807, 2.05) is 61.5 Å². The first-order chi connectivity index (χ1) is 12.2. The van der Waals surface area contributed by atoms with Crippen molar-refractivity contribution in [2.75, 3.05) is 0 Å². The number of benzene rings is 3. The lowest BCUT2D eigenvalue weighted by atomic mass is 10.1. The number of para-hydroxylation sites is 1. The smallest absolute Gasteiger partial charge is 0.336 e. The van der Waals surface area contributed by atoms with Gasteiger partial charge in [-0.15, -0.1) is 0 Å². The van der Waals surface area contributed by atoms with Crippen LogP contribution in [0.5, 0.6) is 17.2 Å². The van der Waals surface area contributed by atoms with E-state index < -0.39 is 5.97 Å². The number of hydrogen-bond acceptors (Lipinski definition) is 3. The second-order valence-corrected chi connectivity index (χ2v) is 5.55. The summed E-state index contributed by atoms with van der Waals surface area (Å²) in [5.74, 6) is 1.49. The highest BCUT2D eigenvalue weighted by molar-refractivity contribution is 5.88. The lowest BCUT2D eigenvalue weighted by molar-refractivity contribution is -0.128. The van der Waals surface area contributed by atoms with E-state index in [1.54, 1.807) is 30.3 Å². The third-order valence-electron chi connectivity index (χ3n) is 3.51. The molecule has 0 unspecified atom stereocenters. The van der Waals surface area contributed by atoms with Crippen LogP contribution in [0.3, 0.4) is 0 Å². The Balaban J connectivity index is 1.57. The van der Waals surface area contributed by atoms with Gasteiger partial charge in [0, 0.05) is 6.08 Å². The molecule has 0 fully saturated rings. The molecule has 0 aliphatic heterocycles. The average Bonchev–Trinajstić information content (AvgIpc) is 2.64. The third-order valence-corrected chi connectivity index (χ3v) is 3.51. The van der Waals surface area contributed by atoms with Gasteiger partial charge in [0.2, 0.25) is 0 Å². The van der Waals surface area contributed by atoms with Gasteiger partial charge in [0.25, 0.3) is 0 Å². The van der Waals surface area contributed by atoms with E-state index in [1.165, 1.54) is 11.6 Å². The minimum atomic E-state index is -0.419. The highest BCUT2D eigenvalue weighted by Crippen LogP contribution is 2.23. The number of carbonyl (C=O) groups is 1. The van der Waals surface area contributed by atoms with Crippen LogP contribution >= 0.6 is 0 Å². The minimum absolute atomic E-state index is 0.419. The van der Waals surface area contributed by atoms with E-state index in [9.17, 15) is 4.79 Å². The first kappa shape index (κ1) is 16.5. The molecule has 0 aliphatic carbocycles. The maximum atomic E-state index is 11.9. The number of carbonyl (C=O) groups excluding carboxylic acids is 1. The Morgan fingerprint density at radius 2 is 1.36 bits per heavy atom. The Morgan fingerprint density at radius 3 is 2.04 bits per heavy atom. The van der Waals surface area contributed by atoms with Crippen molar-refractivity contribution < 1.29 is 14.3 Å². The zero-order valence-electron chi connectivity index (χ0n) is 13.9. The second-order valence-electron chi connectivity index (χ2n) is 5.55. The number of hydrogen-bond donors (Lipinski definition) is 0. The van der Waals surface area contributed by atoms with Crippen LogP contribution in [0.2, 0.25) is 0 Å². The molecule has 3 nitrogen and oxygen atoms in total. The molecule has 0 aromatic heterocycles. The third kappa shape index (κ3) is 5.08. The molecule has 0 spiro atoms. The highest BCUT2D eigenvalue weighted by atomic mass is 16.5. The molecule has 0 amide bonds. The molecule has 3 aromatic carbocycles. The Hall–Kier alpha value is -3.33. The topological polar surface area (TPSA) is 35.5 Å². The molecule has 0 bridgehead atoms. The molecule has 0 aliphatic rings. The lowest BCUT2D eigenvalue weighted by Crippen LogP contribution is -2.03. The first-order valence-corrected chi connectivity index (χ1v) is 7.98. The fourth-order valence-electron chi connectivity index (χ4n) is 2.19. The summed E-state index contributed by atoms with van der Waals surface area (Å²) in [6.45, 7) is 2.02. The first-order valence-electron chi connectivity index (χ1n) is 7.98. The van der Waals surface area contributed by atoms with Crippen molar-refractivity contribution in [3.63, 3.8) is 0 Å². The Bertz CT molecular complexity index is 848. The molecule has 25 heavy (non-hydrogen) atoms. The van der Waals surface area contributed by atoms with Gasteiger partial charge in [-0.2, -0.15) is 0 Å². The van der Waals surface area contributed by atoms with Crippen LogP contribution in [-0.2, 0) is 4.79 Å². The van der Waals surface area contributed by atoms with Gasteiger partial charge in [-0.25, -0.2) is 4.79 Å². The zero-order chi connectivity index (χ0) is 17.5. The van der Waals surface area contributed by atoms with Gasteiger partial charge in [0.1, 0.15) is 17.2 Å². The second kappa shape index (κ2) is 7.97. The predicted octanol–water partition coefficient (Wildman–Crippen LogP) is 5.41. The van der Waals surface area contributed by atoms with Crippen molar-refractivity contribution >= 4 is 12.0 Å². The number of rotatable bonds is 5. The fraction of sp³-hybridized carbons (Fsp3) is 0.0455. The summed E-state index contributed by atoms with van der Waals surface area (Å²) in [5, 5.41) is 0. The Morgan fingerprint density at radius 1 is 0.760 bits per heavy atom. The fourth-order valence-corrected chi connectivity index (χ4v) is 2.19. The van der Waals surface area contributed by atoms with Gasteiger partial charge >= 0.3 is 5.97 Å². The van der Waals surface area contributed by atoms with Crippen molar-refractivity contribution in [2.45, 2.75) is 6.92 Å². The summed E-state index contributed by atoms with van der Waals surface area (Å²) >= 11 is 0. The maximum Gasteiger partial charge on any atom is 0.336 e. The van der Waals surface area contributed by atoms with Gasteiger partial charge in [0.15, 0.2) is 0 Å². The highest BCUT2D eigenvalue weighted by Gasteiger charge is 2.02. The Labute approximate surface area is 147 Å². The van der Waals surface area contributed by atoms with Crippen LogP contribution in [0.1, 0.15) is 11.1 Å². The van der Waals surface area contributed by atoms with E-state index in [0.717, 1.165) is 11.3 Å². The molecule has 124 valence electrons. The van der Waals surface area contributed by atoms with Crippen molar-refractivity contribution in [1.29, 1.82) is 0 Å². The summed E-state index contributed by atoms with van der Waals surface area (Å²) in [7, 11) is 0. The van der Waals surface area contributed by atoms with Gasteiger partial charge in [-0.05, 0) is 55.0 Å². The zero-order valence-corrected chi connectivity index (χ0v) is 13.9. The van der Waals surface area contributed by atoms with Crippen molar-refractivity contribution in [2.24, 2.45) is 0 Å². The van der Waals surface area contributed by atoms with Crippen LogP contribution in [0, 0.1) is 6.92 Å². The predicted molar refractivity (Wildman–Crippen MR) is 98.8 cm³/mol. The Kier molecular flexibility index (Phi) is 5.27. The average molecular weight is 330 g/mol. The van der Waals surface area contributed by atoms with E-state index in [4.69, 9.17) is 9.47 Å². The SMILES string of the molecule is Cc1ccc(/C=C/C(=O)Oc2ccc(Oc3ccccc3)cc2)cc1. The standard InChI is InChI=1S/C22H18O3/c1-17-7-9-18(10-8-17)11-16-22(23)25-21-14-12-20(13-15-21)24-19-5-3-2-4-6-19/h2-16H,1H3/b16-11+. The van der Waals surface area contributed by atoms with Crippen LogP contribution < -0.4 is 9.47 Å². The van der Waals surface area contributed by atoms with Gasteiger partial charge < -0.3 is 9.47 Å². The molecule has 3 rings (SSSR count). The molecule has 3 heteroatoms. The van der Waals surface area contributed by atoms with Crippen LogP contribution in [0.4, 0.5) is 0 Å². The number of esters is 1. The molecule has 0 N–H and O–H groups in total. The normalized spacial score (nSPS) is 10.6. The van der Waals surface area contributed by atoms with Crippen molar-refractivity contribution in [3.05, 3.63) is 96.1 Å². The summed E-state index contributed by atoms with van der Waals surface area (Å²) < 4.78 is 11.0. The lowest BCUT2D eigenvalue weighted by Gasteiger charge is -2.06. The van der Waals surface area contributed by atoms with E-state index in [-0.39, 0.29) is 0 Å². The molecule has 3 aromatic rings. The monoisotopic (exact) mass is 330 g/mol. The summed E-state index contributed by atoms with van der Waals surface area (Å²) in [6, 6.07) is 24.3. The summed E-state index contributed by atoms with van der Waals surface area (Å²) in [5.41, 5.74) is 2.13. The molecule has 0 saturated carbocycles. The van der Waals surface area contributed by atoms with Gasteiger partial charge in [-0.3, -0.25) is 0 Å². The molecule has 0 heterocycles. The van der Waals surface area contributed by atoms with E-state index in [2.05, 4.69) is 0 Å². The molecule has 0 radical (unpaired) electrons. The quantitative estimate of drug-likeness (QED) is 0.357. The molecule has 0 atom stereocenters. The van der Waals surface area contributed by atoms with Crippen molar-refractivity contribution in [1.82, 2.24) is 0 Å². The molecule has 0 saturated heterocycles. The number of ether oxygens (including phenoxy) is 2. The maximum absolute atomic E-state index is 11.9. The van der Waals surface area contributed by atoms with Crippen LogP contribution in [0.25, 0.3) is 6.08 Å². The van der Waals surface area contributed by atoms with Gasteiger partial charge in [-0.1, -0.05) is 48.0 Å². The molecular formula is C22H18O3. The summed E-state index contributed by atoms with van der Waals surface area (Å²) in [6.07, 6.45) is 3.15. The van der Waals surface area contributed by atoms with Crippen LogP contribution in [0.15, 0.2) is 84.9 Å². The van der Waals surface area contributed by atoms with E-state index >= 15 is 0 Å². The number of aryl methyl sites for hydroxylation is 1. The largest absolute Gasteiger partial charge is 0.457 e.